The van der Waals surface area contributed by atoms with E-state index >= 15 is 0 Å². The first-order valence-electron chi connectivity index (χ1n) is 6.10. The Balaban J connectivity index is 2.10. The van der Waals surface area contributed by atoms with Crippen LogP contribution in [-0.2, 0) is 10.0 Å². The highest BCUT2D eigenvalue weighted by atomic mass is 35.5. The highest BCUT2D eigenvalue weighted by molar-refractivity contribution is 7.89. The lowest BCUT2D eigenvalue weighted by Gasteiger charge is -2.15. The molecule has 1 saturated heterocycles. The van der Waals surface area contributed by atoms with E-state index in [1.165, 1.54) is 18.4 Å². The number of hydrogen-bond acceptors (Lipinski definition) is 4. The number of carbonyl (C=O) groups excluding carboxylic acids is 1. The van der Waals surface area contributed by atoms with Crippen LogP contribution in [0.3, 0.4) is 0 Å². The topological polar surface area (TPSA) is 67.6 Å². The third-order valence-corrected chi connectivity index (χ3v) is 5.61. The van der Waals surface area contributed by atoms with Crippen LogP contribution in [0.1, 0.15) is 17.3 Å². The Morgan fingerprint density at radius 3 is 2.80 bits per heavy atom. The molecule has 0 saturated carbocycles. The van der Waals surface area contributed by atoms with Crippen molar-refractivity contribution in [3.63, 3.8) is 0 Å². The van der Waals surface area contributed by atoms with Gasteiger partial charge in [-0.3, -0.25) is 4.79 Å². The number of furan rings is 1. The van der Waals surface area contributed by atoms with Gasteiger partial charge in [-0.15, -0.1) is 0 Å². The predicted molar refractivity (Wildman–Crippen MR) is 75.2 cm³/mol. The van der Waals surface area contributed by atoms with Crippen LogP contribution in [0.5, 0.6) is 0 Å². The molecule has 0 bridgehead atoms. The minimum atomic E-state index is -3.53. The third kappa shape index (κ3) is 1.99. The van der Waals surface area contributed by atoms with Gasteiger partial charge in [0.2, 0.25) is 10.0 Å². The second-order valence-corrected chi connectivity index (χ2v) is 7.32. The number of benzene rings is 1. The van der Waals surface area contributed by atoms with E-state index in [1.807, 2.05) is 0 Å². The number of amides is 1. The van der Waals surface area contributed by atoms with Crippen molar-refractivity contribution in [2.75, 3.05) is 12.3 Å². The Morgan fingerprint density at radius 2 is 2.15 bits per heavy atom. The maximum absolute atomic E-state index is 12.5. The molecule has 1 amide bonds. The Kier molecular flexibility index (Phi) is 3.02. The van der Waals surface area contributed by atoms with Crippen molar-refractivity contribution < 1.29 is 17.6 Å². The van der Waals surface area contributed by atoms with Gasteiger partial charge >= 0.3 is 0 Å². The first-order valence-corrected chi connectivity index (χ1v) is 8.09. The van der Waals surface area contributed by atoms with Gasteiger partial charge in [-0.25, -0.2) is 12.7 Å². The van der Waals surface area contributed by atoms with Gasteiger partial charge in [0.25, 0.3) is 5.91 Å². The van der Waals surface area contributed by atoms with E-state index in [1.54, 1.807) is 13.0 Å². The van der Waals surface area contributed by atoms with E-state index in [2.05, 4.69) is 0 Å². The van der Waals surface area contributed by atoms with E-state index in [4.69, 9.17) is 16.0 Å². The summed E-state index contributed by atoms with van der Waals surface area (Å²) in [5.74, 6) is -0.588. The third-order valence-electron chi connectivity index (χ3n) is 3.33. The van der Waals surface area contributed by atoms with Crippen molar-refractivity contribution in [2.24, 2.45) is 5.92 Å². The zero-order valence-electron chi connectivity index (χ0n) is 10.7. The molecule has 3 rings (SSSR count). The Labute approximate surface area is 121 Å². The summed E-state index contributed by atoms with van der Waals surface area (Å²) in [5, 5.41) is 0.913. The molecular formula is C13H12ClNO4S. The molecule has 1 aromatic heterocycles. The molecule has 0 aliphatic carbocycles. The SMILES string of the molecule is CC1CN(C(=O)c2ccc(Cl)c3occc23)S(=O)(=O)C1. The minimum Gasteiger partial charge on any atom is -0.463 e. The van der Waals surface area contributed by atoms with E-state index < -0.39 is 15.9 Å². The molecule has 1 aromatic carbocycles. The highest BCUT2D eigenvalue weighted by Gasteiger charge is 2.38. The van der Waals surface area contributed by atoms with Crippen LogP contribution < -0.4 is 0 Å². The second-order valence-electron chi connectivity index (χ2n) is 4.98. The summed E-state index contributed by atoms with van der Waals surface area (Å²) >= 11 is 5.98. The fourth-order valence-electron chi connectivity index (χ4n) is 2.46. The van der Waals surface area contributed by atoms with Crippen LogP contribution in [0.4, 0.5) is 0 Å². The van der Waals surface area contributed by atoms with E-state index in [-0.39, 0.29) is 23.8 Å². The van der Waals surface area contributed by atoms with Gasteiger partial charge in [0.15, 0.2) is 5.58 Å². The normalized spacial score (nSPS) is 21.5. The summed E-state index contributed by atoms with van der Waals surface area (Å²) in [6.07, 6.45) is 1.43. The number of sulfonamides is 1. The molecule has 0 radical (unpaired) electrons. The fourth-order valence-corrected chi connectivity index (χ4v) is 4.50. The summed E-state index contributed by atoms with van der Waals surface area (Å²) in [6, 6.07) is 4.67. The lowest BCUT2D eigenvalue weighted by atomic mass is 10.1. The number of halogens is 1. The Bertz CT molecular complexity index is 796. The maximum Gasteiger partial charge on any atom is 0.268 e. The lowest BCUT2D eigenvalue weighted by molar-refractivity contribution is 0.0865. The van der Waals surface area contributed by atoms with Crippen LogP contribution in [0.2, 0.25) is 5.02 Å². The average molecular weight is 314 g/mol. The monoisotopic (exact) mass is 313 g/mol. The maximum atomic E-state index is 12.5. The number of hydrogen-bond donors (Lipinski definition) is 0. The predicted octanol–water partition coefficient (Wildman–Crippen LogP) is 2.51. The first kappa shape index (κ1) is 13.5. The van der Waals surface area contributed by atoms with Crippen LogP contribution in [0.15, 0.2) is 28.9 Å². The molecule has 5 nitrogen and oxygen atoms in total. The summed E-state index contributed by atoms with van der Waals surface area (Å²) in [6.45, 7) is 2.02. The number of nitrogens with zero attached hydrogens (tertiary/aromatic N) is 1. The standard InChI is InChI=1S/C13H12ClNO4S/c1-8-6-15(20(17,18)7-8)13(16)10-2-3-11(14)12-9(10)4-5-19-12/h2-5,8H,6-7H2,1H3. The molecule has 106 valence electrons. The van der Waals surface area contributed by atoms with Crippen LogP contribution in [0.25, 0.3) is 11.0 Å². The number of carbonyl (C=O) groups is 1. The zero-order chi connectivity index (χ0) is 14.5. The molecule has 1 aliphatic heterocycles. The Hall–Kier alpha value is -1.53. The number of rotatable bonds is 1. The van der Waals surface area contributed by atoms with Crippen LogP contribution in [-0.4, -0.2) is 30.9 Å². The molecular weight excluding hydrogens is 302 g/mol. The molecule has 1 fully saturated rings. The zero-order valence-corrected chi connectivity index (χ0v) is 12.2. The van der Waals surface area contributed by atoms with Gasteiger partial charge in [0, 0.05) is 11.9 Å². The largest absolute Gasteiger partial charge is 0.463 e. The molecule has 7 heteroatoms. The van der Waals surface area contributed by atoms with Crippen molar-refractivity contribution in [3.05, 3.63) is 35.0 Å². The molecule has 1 unspecified atom stereocenters. The molecule has 1 atom stereocenters. The molecule has 2 aromatic rings. The average Bonchev–Trinajstić information content (AvgIpc) is 2.93. The van der Waals surface area contributed by atoms with Gasteiger partial charge in [-0.2, -0.15) is 0 Å². The minimum absolute atomic E-state index is 0.000853. The summed E-state index contributed by atoms with van der Waals surface area (Å²) in [5.41, 5.74) is 0.679. The fraction of sp³-hybridized carbons (Fsp3) is 0.308. The van der Waals surface area contributed by atoms with Crippen molar-refractivity contribution in [3.8, 4) is 0 Å². The van der Waals surface area contributed by atoms with Gasteiger partial charge in [-0.1, -0.05) is 18.5 Å². The van der Waals surface area contributed by atoms with Crippen LogP contribution in [0, 0.1) is 5.92 Å². The molecule has 1 aliphatic rings. The van der Waals surface area contributed by atoms with Crippen LogP contribution >= 0.6 is 11.6 Å². The summed E-state index contributed by atoms with van der Waals surface area (Å²) in [7, 11) is -3.53. The van der Waals surface area contributed by atoms with Crippen molar-refractivity contribution in [1.29, 1.82) is 0 Å². The molecule has 20 heavy (non-hydrogen) atoms. The molecule has 2 heterocycles. The Morgan fingerprint density at radius 1 is 1.40 bits per heavy atom. The van der Waals surface area contributed by atoms with E-state index in [0.29, 0.717) is 16.0 Å². The van der Waals surface area contributed by atoms with Crippen molar-refractivity contribution in [1.82, 2.24) is 4.31 Å². The second kappa shape index (κ2) is 4.49. The summed E-state index contributed by atoms with van der Waals surface area (Å²) < 4.78 is 30.1. The smallest absolute Gasteiger partial charge is 0.268 e. The van der Waals surface area contributed by atoms with Crippen molar-refractivity contribution in [2.45, 2.75) is 6.92 Å². The van der Waals surface area contributed by atoms with Gasteiger partial charge < -0.3 is 4.42 Å². The van der Waals surface area contributed by atoms with E-state index in [9.17, 15) is 13.2 Å². The van der Waals surface area contributed by atoms with E-state index in [0.717, 1.165) is 4.31 Å². The number of fused-ring (bicyclic) bond motifs is 1. The van der Waals surface area contributed by atoms with Gasteiger partial charge in [0.1, 0.15) is 0 Å². The quantitative estimate of drug-likeness (QED) is 0.811. The summed E-state index contributed by atoms with van der Waals surface area (Å²) in [4.78, 5) is 12.5. The van der Waals surface area contributed by atoms with Crippen molar-refractivity contribution >= 4 is 38.5 Å². The lowest BCUT2D eigenvalue weighted by Crippen LogP contribution is -2.32. The highest BCUT2D eigenvalue weighted by Crippen LogP contribution is 2.30. The van der Waals surface area contributed by atoms with Gasteiger partial charge in [0.05, 0.1) is 22.6 Å². The van der Waals surface area contributed by atoms with Gasteiger partial charge in [-0.05, 0) is 24.1 Å². The molecule has 0 spiro atoms. The molecule has 0 N–H and O–H groups in total. The first-order chi connectivity index (χ1) is 9.40.